The number of carbonyl (C=O) groups is 4. The minimum atomic E-state index is -0.787. The average molecular weight is 507 g/mol. The zero-order valence-corrected chi connectivity index (χ0v) is 22.6. The number of esters is 2. The molecule has 0 aliphatic heterocycles. The molecular formula is C27H42N2O7. The third kappa shape index (κ3) is 12.7. The molecule has 0 spiro atoms. The predicted molar refractivity (Wildman–Crippen MR) is 136 cm³/mol. The van der Waals surface area contributed by atoms with Crippen LogP contribution in [-0.4, -0.2) is 56.7 Å². The Bertz CT molecular complexity index is 860. The van der Waals surface area contributed by atoms with E-state index in [0.717, 1.165) is 5.56 Å². The van der Waals surface area contributed by atoms with Crippen molar-refractivity contribution in [1.29, 1.82) is 0 Å². The number of methoxy groups -OCH3 is 1. The molecule has 0 aliphatic rings. The van der Waals surface area contributed by atoms with Gasteiger partial charge in [0.1, 0.15) is 11.8 Å². The van der Waals surface area contributed by atoms with Crippen molar-refractivity contribution in [3.8, 4) is 5.75 Å². The van der Waals surface area contributed by atoms with Crippen molar-refractivity contribution < 1.29 is 33.4 Å². The van der Waals surface area contributed by atoms with Gasteiger partial charge in [-0.1, -0.05) is 46.8 Å². The summed E-state index contributed by atoms with van der Waals surface area (Å²) in [5.74, 6) is -0.873. The summed E-state index contributed by atoms with van der Waals surface area (Å²) in [5, 5.41) is 5.61. The molecule has 1 aromatic carbocycles. The fourth-order valence-corrected chi connectivity index (χ4v) is 3.59. The van der Waals surface area contributed by atoms with E-state index in [0.29, 0.717) is 24.6 Å². The van der Waals surface area contributed by atoms with Crippen LogP contribution in [0.2, 0.25) is 0 Å². The van der Waals surface area contributed by atoms with Crippen molar-refractivity contribution >= 4 is 23.8 Å². The van der Waals surface area contributed by atoms with Crippen LogP contribution in [0.1, 0.15) is 72.3 Å². The molecule has 2 N–H and O–H groups in total. The van der Waals surface area contributed by atoms with Gasteiger partial charge in [-0.05, 0) is 35.4 Å². The Labute approximate surface area is 214 Å². The van der Waals surface area contributed by atoms with Gasteiger partial charge in [0.2, 0.25) is 11.8 Å². The fraction of sp³-hybridized carbons (Fsp3) is 0.630. The molecule has 0 saturated carbocycles. The second-order valence-electron chi connectivity index (χ2n) is 10.4. The molecule has 0 aromatic heterocycles. The molecule has 2 atom stereocenters. The lowest BCUT2D eigenvalue weighted by Crippen LogP contribution is -2.43. The Kier molecular flexibility index (Phi) is 13.2. The van der Waals surface area contributed by atoms with E-state index in [2.05, 4.69) is 24.5 Å². The third-order valence-electron chi connectivity index (χ3n) is 5.18. The normalized spacial score (nSPS) is 13.0. The van der Waals surface area contributed by atoms with Crippen LogP contribution in [0.15, 0.2) is 24.3 Å². The zero-order valence-electron chi connectivity index (χ0n) is 22.6. The van der Waals surface area contributed by atoms with Gasteiger partial charge in [-0.3, -0.25) is 14.4 Å². The van der Waals surface area contributed by atoms with Gasteiger partial charge in [-0.25, -0.2) is 4.79 Å². The Morgan fingerprint density at radius 2 is 1.64 bits per heavy atom. The summed E-state index contributed by atoms with van der Waals surface area (Å²) in [6, 6.07) is 6.16. The number of ether oxygens (including phenoxy) is 3. The summed E-state index contributed by atoms with van der Waals surface area (Å²) in [4.78, 5) is 48.2. The maximum atomic E-state index is 12.9. The van der Waals surface area contributed by atoms with E-state index < -0.39 is 18.0 Å². The number of hydrogen-bond acceptors (Lipinski definition) is 7. The van der Waals surface area contributed by atoms with Crippen LogP contribution in [0, 0.1) is 11.3 Å². The van der Waals surface area contributed by atoms with Crippen LogP contribution in [0.5, 0.6) is 5.75 Å². The third-order valence-corrected chi connectivity index (χ3v) is 5.18. The van der Waals surface area contributed by atoms with Crippen LogP contribution < -0.4 is 15.4 Å². The summed E-state index contributed by atoms with van der Waals surface area (Å²) >= 11 is 0. The molecule has 1 unspecified atom stereocenters. The number of rotatable bonds is 14. The SMILES string of the molecule is COC(=O)[C@H](CCOCCNC(=O)C(CC(C)C)c1ccc(OC(C)=O)cc1)NC(=O)CC(C)(C)C. The second kappa shape index (κ2) is 15.2. The van der Waals surface area contributed by atoms with E-state index in [9.17, 15) is 19.2 Å². The molecular weight excluding hydrogens is 464 g/mol. The van der Waals surface area contributed by atoms with Crippen LogP contribution in [0.4, 0.5) is 0 Å². The summed E-state index contributed by atoms with van der Waals surface area (Å²) in [6.45, 7) is 12.1. The molecule has 0 saturated heterocycles. The maximum Gasteiger partial charge on any atom is 0.328 e. The molecule has 2 amide bonds. The number of nitrogens with one attached hydrogen (secondary N) is 2. The van der Waals surface area contributed by atoms with Crippen LogP contribution in [0.25, 0.3) is 0 Å². The standard InChI is InChI=1S/C27H42N2O7/c1-18(2)16-22(20-8-10-21(11-9-20)36-19(3)30)25(32)28-13-15-35-14-12-23(26(33)34-7)29-24(31)17-27(4,5)6/h8-11,18,22-23H,12-17H2,1-7H3,(H,28,32)(H,29,31)/t22?,23-/m0/s1. The number of carbonyl (C=O) groups excluding carboxylic acids is 4. The first-order valence-electron chi connectivity index (χ1n) is 12.3. The summed E-state index contributed by atoms with van der Waals surface area (Å²) < 4.78 is 15.4. The minimum absolute atomic E-state index is 0.116. The van der Waals surface area contributed by atoms with Gasteiger partial charge >= 0.3 is 11.9 Å². The highest BCUT2D eigenvalue weighted by Gasteiger charge is 2.24. The predicted octanol–water partition coefficient (Wildman–Crippen LogP) is 3.36. The Hall–Kier alpha value is -2.94. The van der Waals surface area contributed by atoms with Crippen molar-refractivity contribution in [1.82, 2.24) is 10.6 Å². The van der Waals surface area contributed by atoms with E-state index in [4.69, 9.17) is 14.2 Å². The first kappa shape index (κ1) is 31.1. The van der Waals surface area contributed by atoms with Gasteiger partial charge in [0, 0.05) is 32.9 Å². The smallest absolute Gasteiger partial charge is 0.328 e. The van der Waals surface area contributed by atoms with Crippen molar-refractivity contribution in [2.45, 2.75) is 72.8 Å². The highest BCUT2D eigenvalue weighted by atomic mass is 16.5. The molecule has 202 valence electrons. The summed E-state index contributed by atoms with van der Waals surface area (Å²) in [6.07, 6.45) is 1.22. The lowest BCUT2D eigenvalue weighted by molar-refractivity contribution is -0.145. The molecule has 1 rings (SSSR count). The van der Waals surface area contributed by atoms with Gasteiger partial charge < -0.3 is 24.8 Å². The molecule has 0 radical (unpaired) electrons. The summed E-state index contributed by atoms with van der Waals surface area (Å²) in [5.41, 5.74) is 0.641. The van der Waals surface area contributed by atoms with Gasteiger partial charge in [-0.15, -0.1) is 0 Å². The molecule has 9 nitrogen and oxygen atoms in total. The maximum absolute atomic E-state index is 12.9. The van der Waals surface area contributed by atoms with Gasteiger partial charge in [0.05, 0.1) is 19.6 Å². The molecule has 36 heavy (non-hydrogen) atoms. The largest absolute Gasteiger partial charge is 0.467 e. The van der Waals surface area contributed by atoms with Crippen LogP contribution >= 0.6 is 0 Å². The molecule has 0 aliphatic carbocycles. The first-order chi connectivity index (χ1) is 16.8. The number of amides is 2. The topological polar surface area (TPSA) is 120 Å². The molecule has 1 aromatic rings. The Balaban J connectivity index is 2.54. The average Bonchev–Trinajstić information content (AvgIpc) is 2.77. The van der Waals surface area contributed by atoms with Gasteiger partial charge in [0.25, 0.3) is 0 Å². The van der Waals surface area contributed by atoms with E-state index in [-0.39, 0.29) is 49.2 Å². The molecule has 0 fully saturated rings. The van der Waals surface area contributed by atoms with Crippen molar-refractivity contribution in [2.24, 2.45) is 11.3 Å². The second-order valence-corrected chi connectivity index (χ2v) is 10.4. The first-order valence-corrected chi connectivity index (χ1v) is 12.3. The molecule has 9 heteroatoms. The lowest BCUT2D eigenvalue weighted by atomic mass is 9.89. The van der Waals surface area contributed by atoms with Crippen molar-refractivity contribution in [3.05, 3.63) is 29.8 Å². The van der Waals surface area contributed by atoms with E-state index in [1.807, 2.05) is 20.8 Å². The Morgan fingerprint density at radius 1 is 1.00 bits per heavy atom. The fourth-order valence-electron chi connectivity index (χ4n) is 3.59. The monoisotopic (exact) mass is 506 g/mol. The highest BCUT2D eigenvalue weighted by molar-refractivity contribution is 5.85. The van der Waals surface area contributed by atoms with Crippen LogP contribution in [0.3, 0.4) is 0 Å². The van der Waals surface area contributed by atoms with E-state index in [1.54, 1.807) is 24.3 Å². The van der Waals surface area contributed by atoms with E-state index >= 15 is 0 Å². The zero-order chi connectivity index (χ0) is 27.3. The van der Waals surface area contributed by atoms with Gasteiger partial charge in [0.15, 0.2) is 0 Å². The quantitative estimate of drug-likeness (QED) is 0.226. The Morgan fingerprint density at radius 3 is 2.17 bits per heavy atom. The minimum Gasteiger partial charge on any atom is -0.467 e. The summed E-state index contributed by atoms with van der Waals surface area (Å²) in [7, 11) is 1.28. The number of hydrogen-bond donors (Lipinski definition) is 2. The molecule has 0 heterocycles. The van der Waals surface area contributed by atoms with Crippen LogP contribution in [-0.2, 0) is 28.7 Å². The number of benzene rings is 1. The van der Waals surface area contributed by atoms with Crippen molar-refractivity contribution in [2.75, 3.05) is 26.9 Å². The van der Waals surface area contributed by atoms with Gasteiger partial charge in [-0.2, -0.15) is 0 Å². The van der Waals surface area contributed by atoms with E-state index in [1.165, 1.54) is 14.0 Å². The highest BCUT2D eigenvalue weighted by Crippen LogP contribution is 2.26. The molecule has 0 bridgehead atoms. The lowest BCUT2D eigenvalue weighted by Gasteiger charge is -2.21. The van der Waals surface area contributed by atoms with Crippen molar-refractivity contribution in [3.63, 3.8) is 0 Å².